The van der Waals surface area contributed by atoms with E-state index in [1.807, 2.05) is 48.3 Å². The van der Waals surface area contributed by atoms with Crippen LogP contribution in [0.3, 0.4) is 0 Å². The number of hydrogen-bond acceptors (Lipinski definition) is 4. The van der Waals surface area contributed by atoms with Crippen LogP contribution in [0.2, 0.25) is 0 Å². The summed E-state index contributed by atoms with van der Waals surface area (Å²) < 4.78 is 5.12. The monoisotopic (exact) mass is 694 g/mol. The smallest absolute Gasteiger partial charge is 0.0726 e. The number of benzene rings is 7. The maximum Gasteiger partial charge on any atom is 0.0726 e. The fourth-order valence-corrected chi connectivity index (χ4v) is 9.32. The zero-order valence-corrected chi connectivity index (χ0v) is 29.3. The van der Waals surface area contributed by atoms with Crippen LogP contribution < -0.4 is 4.90 Å². The van der Waals surface area contributed by atoms with E-state index in [2.05, 4.69) is 165 Å². The van der Waals surface area contributed by atoms with Gasteiger partial charge in [-0.05, 0) is 100 Å². The summed E-state index contributed by atoms with van der Waals surface area (Å²) in [5.41, 5.74) is 11.3. The summed E-state index contributed by atoms with van der Waals surface area (Å²) in [5.74, 6) is 0. The number of anilines is 3. The molecule has 11 aromatic rings. The van der Waals surface area contributed by atoms with Gasteiger partial charge in [0, 0.05) is 79.3 Å². The summed E-state index contributed by atoms with van der Waals surface area (Å²) in [4.78, 5) is 11.2. The first-order chi connectivity index (χ1) is 26.3. The Balaban J connectivity index is 1.22. The van der Waals surface area contributed by atoms with Crippen molar-refractivity contribution in [3.8, 4) is 27.9 Å². The van der Waals surface area contributed by atoms with Crippen molar-refractivity contribution in [3.63, 3.8) is 0 Å². The van der Waals surface area contributed by atoms with E-state index in [1.165, 1.54) is 52.8 Å². The molecule has 0 saturated heterocycles. The van der Waals surface area contributed by atoms with Crippen molar-refractivity contribution in [1.29, 1.82) is 0 Å². The van der Waals surface area contributed by atoms with Crippen LogP contribution in [0.4, 0.5) is 17.1 Å². The molecule has 0 amide bonds. The van der Waals surface area contributed by atoms with Gasteiger partial charge in [0.2, 0.25) is 0 Å². The second-order valence-corrected chi connectivity index (χ2v) is 14.6. The van der Waals surface area contributed by atoms with Gasteiger partial charge in [0.15, 0.2) is 0 Å². The molecule has 4 heterocycles. The highest BCUT2D eigenvalue weighted by Gasteiger charge is 2.24. The lowest BCUT2D eigenvalue weighted by atomic mass is 9.99. The van der Waals surface area contributed by atoms with Gasteiger partial charge in [-0.25, -0.2) is 0 Å². The third-order valence-electron chi connectivity index (χ3n) is 10.5. The number of aromatic nitrogens is 3. The minimum Gasteiger partial charge on any atom is -0.310 e. The molecule has 0 saturated carbocycles. The van der Waals surface area contributed by atoms with Gasteiger partial charge in [-0.3, -0.25) is 9.97 Å². The second-order valence-electron chi connectivity index (χ2n) is 13.5. The van der Waals surface area contributed by atoms with Crippen LogP contribution in [-0.4, -0.2) is 14.5 Å². The Kier molecular flexibility index (Phi) is 6.69. The zero-order chi connectivity index (χ0) is 34.9. The average molecular weight is 695 g/mol. The molecule has 0 radical (unpaired) electrons. The second kappa shape index (κ2) is 11.9. The minimum atomic E-state index is 1.09. The predicted molar refractivity (Wildman–Crippen MR) is 224 cm³/mol. The molecular weight excluding hydrogens is 665 g/mol. The summed E-state index contributed by atoms with van der Waals surface area (Å²) in [6.45, 7) is 0. The number of hydrogen-bond donors (Lipinski definition) is 0. The van der Waals surface area contributed by atoms with Gasteiger partial charge >= 0.3 is 0 Å². The van der Waals surface area contributed by atoms with Gasteiger partial charge in [-0.2, -0.15) is 0 Å². The number of pyridine rings is 2. The molecule has 11 rings (SSSR count). The molecule has 0 spiro atoms. The lowest BCUT2D eigenvalue weighted by Gasteiger charge is -2.26. The van der Waals surface area contributed by atoms with Crippen LogP contribution in [-0.2, 0) is 0 Å². The van der Waals surface area contributed by atoms with E-state index in [0.717, 1.165) is 45.0 Å². The van der Waals surface area contributed by atoms with E-state index >= 15 is 0 Å². The minimum absolute atomic E-state index is 1.09. The summed E-state index contributed by atoms with van der Waals surface area (Å²) in [6, 6.07) is 57.2. The van der Waals surface area contributed by atoms with Crippen molar-refractivity contribution in [1.82, 2.24) is 14.5 Å². The van der Waals surface area contributed by atoms with Crippen molar-refractivity contribution in [2.24, 2.45) is 0 Å². The van der Waals surface area contributed by atoms with E-state index < -0.39 is 0 Å². The fourth-order valence-electron chi connectivity index (χ4n) is 8.10. The summed E-state index contributed by atoms with van der Waals surface area (Å²) in [5, 5.41) is 7.67. The van der Waals surface area contributed by atoms with Crippen molar-refractivity contribution >= 4 is 81.1 Å². The lowest BCUT2D eigenvalue weighted by molar-refractivity contribution is 1.18. The van der Waals surface area contributed by atoms with Gasteiger partial charge in [0.05, 0.1) is 15.7 Å². The first-order valence-electron chi connectivity index (χ1n) is 17.8. The molecule has 0 aliphatic carbocycles. The molecule has 4 aromatic heterocycles. The molecule has 7 aromatic carbocycles. The Hall–Kier alpha value is -6.82. The average Bonchev–Trinajstić information content (AvgIpc) is 3.78. The summed E-state index contributed by atoms with van der Waals surface area (Å²) in [6.07, 6.45) is 7.50. The number of para-hydroxylation sites is 1. The highest BCUT2D eigenvalue weighted by atomic mass is 32.1. The van der Waals surface area contributed by atoms with Gasteiger partial charge in [0.1, 0.15) is 0 Å². The normalized spacial score (nSPS) is 11.8. The number of fused-ring (bicyclic) bond motifs is 4. The van der Waals surface area contributed by atoms with Gasteiger partial charge < -0.3 is 9.47 Å². The van der Waals surface area contributed by atoms with Gasteiger partial charge in [-0.1, -0.05) is 84.9 Å². The van der Waals surface area contributed by atoms with Crippen molar-refractivity contribution < 1.29 is 0 Å². The van der Waals surface area contributed by atoms with Crippen LogP contribution in [0, 0.1) is 0 Å². The molecule has 0 atom stereocenters. The van der Waals surface area contributed by atoms with Crippen LogP contribution in [0.25, 0.3) is 80.7 Å². The Morgan fingerprint density at radius 1 is 0.472 bits per heavy atom. The van der Waals surface area contributed by atoms with Crippen molar-refractivity contribution in [3.05, 3.63) is 183 Å². The summed E-state index contributed by atoms with van der Waals surface area (Å²) >= 11 is 1.89. The molecule has 0 fully saturated rings. The molecule has 248 valence electrons. The maximum atomic E-state index is 4.44. The highest BCUT2D eigenvalue weighted by Crippen LogP contribution is 2.49. The molecule has 0 unspecified atom stereocenters. The van der Waals surface area contributed by atoms with Crippen LogP contribution in [0.5, 0.6) is 0 Å². The maximum absolute atomic E-state index is 4.44. The first kappa shape index (κ1) is 29.9. The van der Waals surface area contributed by atoms with Crippen LogP contribution >= 0.6 is 11.3 Å². The molecule has 0 bridgehead atoms. The van der Waals surface area contributed by atoms with Crippen molar-refractivity contribution in [2.75, 3.05) is 4.90 Å². The van der Waals surface area contributed by atoms with E-state index in [9.17, 15) is 0 Å². The van der Waals surface area contributed by atoms with Gasteiger partial charge in [-0.15, -0.1) is 11.3 Å². The third kappa shape index (κ3) is 4.75. The largest absolute Gasteiger partial charge is 0.310 e. The molecule has 5 heteroatoms. The predicted octanol–water partition coefficient (Wildman–Crippen LogP) is 13.3. The zero-order valence-electron chi connectivity index (χ0n) is 28.5. The molecule has 0 aliphatic rings. The molecule has 53 heavy (non-hydrogen) atoms. The van der Waals surface area contributed by atoms with Gasteiger partial charge in [0.25, 0.3) is 0 Å². The topological polar surface area (TPSA) is 34.0 Å². The summed E-state index contributed by atoms with van der Waals surface area (Å²) in [7, 11) is 0. The van der Waals surface area contributed by atoms with E-state index in [4.69, 9.17) is 0 Å². The fraction of sp³-hybridized carbons (Fsp3) is 0. The van der Waals surface area contributed by atoms with Crippen LogP contribution in [0.1, 0.15) is 0 Å². The Bertz CT molecular complexity index is 3090. The number of rotatable bonds is 6. The highest BCUT2D eigenvalue weighted by molar-refractivity contribution is 7.26. The van der Waals surface area contributed by atoms with E-state index in [1.54, 1.807) is 0 Å². The van der Waals surface area contributed by atoms with Crippen LogP contribution in [0.15, 0.2) is 183 Å². The third-order valence-corrected chi connectivity index (χ3v) is 11.6. The Morgan fingerprint density at radius 3 is 1.94 bits per heavy atom. The Morgan fingerprint density at radius 2 is 1.17 bits per heavy atom. The first-order valence-corrected chi connectivity index (χ1v) is 18.6. The SMILES string of the molecule is c1ccc(N(c2ccc(-c3cccnc3)cc2)c2cc3ccc4cc5c6ccccc6sc5c5c4c3c(c2)n5-c2cccc(-c3cccnc3)c2)cc1. The van der Waals surface area contributed by atoms with E-state index in [-0.39, 0.29) is 0 Å². The van der Waals surface area contributed by atoms with Crippen molar-refractivity contribution in [2.45, 2.75) is 0 Å². The molecule has 0 aliphatic heterocycles. The molecular formula is C48H30N4S. The standard InChI is InChI=1S/C48H30N4S/c1-2-12-37(13-3-1)51(38-21-19-31(20-22-38)35-10-7-23-49-29-35)40-26-33-17-18-34-27-42-41-15-4-5-16-44(41)53-48(42)47-46(34)45(33)43(28-40)52(47)39-14-6-9-32(25-39)36-11-8-24-50-30-36/h1-30H. The Labute approximate surface area is 309 Å². The number of thiophene rings is 1. The molecule has 4 nitrogen and oxygen atoms in total. The number of nitrogens with zero attached hydrogens (tertiary/aromatic N) is 4. The van der Waals surface area contributed by atoms with E-state index in [0.29, 0.717) is 0 Å². The quantitative estimate of drug-likeness (QED) is 0.163. The molecule has 0 N–H and O–H groups in total. The lowest BCUT2D eigenvalue weighted by Crippen LogP contribution is -2.10.